The molecular formula is C23H30F2N4O3S. The lowest BCUT2D eigenvalue weighted by molar-refractivity contribution is -0.0969. The molecule has 7 nitrogen and oxygen atoms in total. The van der Waals surface area contributed by atoms with E-state index >= 15 is 0 Å². The van der Waals surface area contributed by atoms with Crippen molar-refractivity contribution in [1.82, 2.24) is 20.2 Å². The number of aryl methyl sites for hydroxylation is 3. The van der Waals surface area contributed by atoms with Crippen molar-refractivity contribution in [1.29, 1.82) is 0 Å². The Morgan fingerprint density at radius 3 is 2.55 bits per heavy atom. The quantitative estimate of drug-likeness (QED) is 0.584. The van der Waals surface area contributed by atoms with Crippen molar-refractivity contribution in [2.24, 2.45) is 5.92 Å². The van der Waals surface area contributed by atoms with E-state index in [0.29, 0.717) is 28.9 Å². The predicted octanol–water partition coefficient (Wildman–Crippen LogP) is 4.08. The second-order valence-electron chi connectivity index (χ2n) is 8.61. The summed E-state index contributed by atoms with van der Waals surface area (Å²) in [6.07, 6.45) is 0.786. The topological polar surface area (TPSA) is 95.2 Å². The second kappa shape index (κ2) is 9.70. The normalized spacial score (nSPS) is 17.8. The minimum atomic E-state index is -3.01. The molecule has 2 amide bonds. The summed E-state index contributed by atoms with van der Waals surface area (Å²) in [7, 11) is 0. The van der Waals surface area contributed by atoms with Crippen LogP contribution in [0.15, 0.2) is 0 Å². The highest BCUT2D eigenvalue weighted by Gasteiger charge is 2.45. The fraction of sp³-hybridized carbons (Fsp3) is 0.565. The zero-order chi connectivity index (χ0) is 24.5. The predicted molar refractivity (Wildman–Crippen MR) is 122 cm³/mol. The molecule has 0 saturated carbocycles. The van der Waals surface area contributed by atoms with E-state index in [0.717, 1.165) is 17.0 Å². The van der Waals surface area contributed by atoms with Gasteiger partial charge < -0.3 is 15.2 Å². The molecule has 33 heavy (non-hydrogen) atoms. The van der Waals surface area contributed by atoms with Gasteiger partial charge >= 0.3 is 0 Å². The zero-order valence-corrected chi connectivity index (χ0v) is 20.4. The third kappa shape index (κ3) is 5.15. The monoisotopic (exact) mass is 480 g/mol. The Morgan fingerprint density at radius 2 is 1.97 bits per heavy atom. The van der Waals surface area contributed by atoms with E-state index in [2.05, 4.69) is 15.3 Å². The van der Waals surface area contributed by atoms with Crippen LogP contribution in [0.3, 0.4) is 0 Å². The number of aromatic amines is 1. The molecule has 1 saturated heterocycles. The molecule has 3 rings (SSSR count). The molecule has 180 valence electrons. The molecular weight excluding hydrogens is 450 g/mol. The maximum Gasteiger partial charge on any atom is 0.280 e. The van der Waals surface area contributed by atoms with Gasteiger partial charge in [0.05, 0.1) is 11.6 Å². The van der Waals surface area contributed by atoms with Crippen LogP contribution in [0.25, 0.3) is 0 Å². The van der Waals surface area contributed by atoms with Crippen LogP contribution in [0.5, 0.6) is 0 Å². The molecule has 1 fully saturated rings. The number of hydrogen-bond acceptors (Lipinski definition) is 5. The summed E-state index contributed by atoms with van der Waals surface area (Å²) < 4.78 is 29.3. The number of aromatic nitrogens is 2. The van der Waals surface area contributed by atoms with E-state index in [-0.39, 0.29) is 30.4 Å². The van der Waals surface area contributed by atoms with Crippen LogP contribution in [0.2, 0.25) is 0 Å². The summed E-state index contributed by atoms with van der Waals surface area (Å²) in [4.78, 5) is 47.3. The molecule has 1 atom stereocenters. The van der Waals surface area contributed by atoms with Gasteiger partial charge in [-0.2, -0.15) is 0 Å². The number of ketones is 1. The van der Waals surface area contributed by atoms with Crippen LogP contribution in [0.1, 0.15) is 79.2 Å². The number of hydrogen-bond donors (Lipinski definition) is 2. The molecule has 1 unspecified atom stereocenters. The molecule has 2 aromatic heterocycles. The van der Waals surface area contributed by atoms with Gasteiger partial charge in [-0.15, -0.1) is 11.3 Å². The number of thiazole rings is 1. The molecule has 0 spiro atoms. The molecule has 3 heterocycles. The first kappa shape index (κ1) is 25.0. The number of piperidine rings is 1. The lowest BCUT2D eigenvalue weighted by atomic mass is 9.92. The SMILES string of the molecule is CCCc1c(C(=O)N2CCC(F)(F)C(CNC(=O)c3nc(C)c(C)s3)C2)[nH]c(C)c1C(C)=O. The highest BCUT2D eigenvalue weighted by atomic mass is 32.1. The van der Waals surface area contributed by atoms with E-state index in [9.17, 15) is 23.2 Å². The smallest absolute Gasteiger partial charge is 0.280 e. The van der Waals surface area contributed by atoms with Crippen molar-refractivity contribution in [3.63, 3.8) is 0 Å². The zero-order valence-electron chi connectivity index (χ0n) is 19.6. The molecule has 2 N–H and O–H groups in total. The van der Waals surface area contributed by atoms with Crippen molar-refractivity contribution in [2.45, 2.75) is 59.8 Å². The minimum Gasteiger partial charge on any atom is -0.354 e. The van der Waals surface area contributed by atoms with Gasteiger partial charge in [-0.3, -0.25) is 14.4 Å². The average Bonchev–Trinajstić information content (AvgIpc) is 3.25. The number of rotatable bonds is 7. The van der Waals surface area contributed by atoms with Crippen molar-refractivity contribution in [3.05, 3.63) is 38.1 Å². The van der Waals surface area contributed by atoms with E-state index < -0.39 is 30.1 Å². The van der Waals surface area contributed by atoms with Gasteiger partial charge in [0, 0.05) is 42.2 Å². The summed E-state index contributed by atoms with van der Waals surface area (Å²) in [5, 5.41) is 2.80. The lowest BCUT2D eigenvalue weighted by Crippen LogP contribution is -2.53. The van der Waals surface area contributed by atoms with Crippen LogP contribution >= 0.6 is 11.3 Å². The Morgan fingerprint density at radius 1 is 1.27 bits per heavy atom. The van der Waals surface area contributed by atoms with E-state index in [1.165, 1.54) is 23.2 Å². The largest absolute Gasteiger partial charge is 0.354 e. The molecule has 10 heteroatoms. The molecule has 0 bridgehead atoms. The number of H-pyrrole nitrogens is 1. The van der Waals surface area contributed by atoms with Crippen LogP contribution in [-0.4, -0.2) is 58.0 Å². The number of nitrogens with zero attached hydrogens (tertiary/aromatic N) is 2. The number of amides is 2. The molecule has 0 radical (unpaired) electrons. The van der Waals surface area contributed by atoms with Crippen LogP contribution in [-0.2, 0) is 6.42 Å². The molecule has 1 aliphatic heterocycles. The number of likely N-dealkylation sites (tertiary alicyclic amines) is 1. The molecule has 1 aliphatic rings. The maximum atomic E-state index is 14.6. The van der Waals surface area contributed by atoms with Crippen molar-refractivity contribution in [2.75, 3.05) is 19.6 Å². The minimum absolute atomic E-state index is 0.0970. The average molecular weight is 481 g/mol. The van der Waals surface area contributed by atoms with Crippen molar-refractivity contribution < 1.29 is 23.2 Å². The Bertz CT molecular complexity index is 1060. The first-order chi connectivity index (χ1) is 15.5. The van der Waals surface area contributed by atoms with Gasteiger partial charge in [0.25, 0.3) is 17.7 Å². The number of carbonyl (C=O) groups excluding carboxylic acids is 3. The maximum absolute atomic E-state index is 14.6. The first-order valence-electron chi connectivity index (χ1n) is 11.1. The Kier molecular flexibility index (Phi) is 7.36. The summed E-state index contributed by atoms with van der Waals surface area (Å²) in [5.74, 6) is -5.26. The van der Waals surface area contributed by atoms with Gasteiger partial charge in [-0.25, -0.2) is 13.8 Å². The molecule has 0 aliphatic carbocycles. The summed E-state index contributed by atoms with van der Waals surface area (Å²) in [6.45, 7) is 8.21. The van der Waals surface area contributed by atoms with E-state index in [1.807, 2.05) is 13.8 Å². The van der Waals surface area contributed by atoms with Gasteiger partial charge in [0.1, 0.15) is 5.69 Å². The van der Waals surface area contributed by atoms with Gasteiger partial charge in [-0.05, 0) is 39.7 Å². The number of Topliss-reactive ketones (excluding diaryl/α,β-unsaturated/α-hetero) is 1. The number of halogens is 2. The summed E-state index contributed by atoms with van der Waals surface area (Å²) in [5.41, 5.74) is 2.78. The first-order valence-corrected chi connectivity index (χ1v) is 11.9. The standard InChI is InChI=1S/C23H30F2N4O3S/c1-6-7-17-18(14(4)30)13(3)27-19(17)22(32)29-9-8-23(24,25)16(11-29)10-26-20(31)21-28-12(2)15(5)33-21/h16,27H,6-11H2,1-5H3,(H,26,31). The highest BCUT2D eigenvalue weighted by molar-refractivity contribution is 7.13. The summed E-state index contributed by atoms with van der Waals surface area (Å²) in [6, 6.07) is 0. The van der Waals surface area contributed by atoms with Gasteiger partial charge in [0.15, 0.2) is 10.8 Å². The number of alkyl halides is 2. The lowest BCUT2D eigenvalue weighted by Gasteiger charge is -2.38. The Labute approximate surface area is 196 Å². The van der Waals surface area contributed by atoms with Crippen LogP contribution in [0.4, 0.5) is 8.78 Å². The van der Waals surface area contributed by atoms with E-state index in [4.69, 9.17) is 0 Å². The van der Waals surface area contributed by atoms with Crippen LogP contribution in [0, 0.1) is 26.7 Å². The number of nitrogens with one attached hydrogen (secondary N) is 2. The third-order valence-corrected chi connectivity index (χ3v) is 7.20. The van der Waals surface area contributed by atoms with Gasteiger partial charge in [-0.1, -0.05) is 13.3 Å². The molecule has 2 aromatic rings. The van der Waals surface area contributed by atoms with E-state index in [1.54, 1.807) is 13.8 Å². The third-order valence-electron chi connectivity index (χ3n) is 6.13. The number of carbonyl (C=O) groups is 3. The van der Waals surface area contributed by atoms with Crippen LogP contribution < -0.4 is 5.32 Å². The van der Waals surface area contributed by atoms with Crippen molar-refractivity contribution >= 4 is 28.9 Å². The fourth-order valence-corrected chi connectivity index (χ4v) is 5.06. The Hall–Kier alpha value is -2.62. The van der Waals surface area contributed by atoms with Crippen molar-refractivity contribution in [3.8, 4) is 0 Å². The second-order valence-corrected chi connectivity index (χ2v) is 9.82. The highest BCUT2D eigenvalue weighted by Crippen LogP contribution is 2.34. The summed E-state index contributed by atoms with van der Waals surface area (Å²) >= 11 is 1.22. The fourth-order valence-electron chi connectivity index (χ4n) is 4.23. The Balaban J connectivity index is 1.76. The molecule has 0 aromatic carbocycles. The van der Waals surface area contributed by atoms with Gasteiger partial charge in [0.2, 0.25) is 0 Å².